The van der Waals surface area contributed by atoms with Gasteiger partial charge in [0.25, 0.3) is 0 Å². The normalized spacial score (nSPS) is 12.5. The highest BCUT2D eigenvalue weighted by Gasteiger charge is 2.22. The van der Waals surface area contributed by atoms with Crippen LogP contribution in [-0.4, -0.2) is 10.3 Å². The molecule has 1 rings (SSSR count). The van der Waals surface area contributed by atoms with E-state index in [1.165, 1.54) is 0 Å². The molecule has 0 aliphatic heterocycles. The first-order valence-corrected chi connectivity index (χ1v) is 4.62. The van der Waals surface area contributed by atoms with Gasteiger partial charge in [-0.05, 0) is 19.4 Å². The minimum atomic E-state index is -1.17. The topological polar surface area (TPSA) is 43.1 Å². The zero-order chi connectivity index (χ0) is 11.6. The summed E-state index contributed by atoms with van der Waals surface area (Å²) in [6.07, 6.45) is 0.0482. The first-order chi connectivity index (χ1) is 6.91. The van der Waals surface area contributed by atoms with E-state index in [1.807, 2.05) is 0 Å². The van der Waals surface area contributed by atoms with E-state index in [0.717, 1.165) is 6.07 Å². The highest BCUT2D eigenvalue weighted by Crippen LogP contribution is 2.25. The molecule has 0 radical (unpaired) electrons. The quantitative estimate of drug-likeness (QED) is 0.459. The molecule has 1 atom stereocenters. The van der Waals surface area contributed by atoms with E-state index >= 15 is 0 Å². The van der Waals surface area contributed by atoms with Gasteiger partial charge in [-0.25, -0.2) is 4.39 Å². The molecule has 0 fully saturated rings. The summed E-state index contributed by atoms with van der Waals surface area (Å²) in [5.74, 6) is -2.02. The molecule has 82 valence electrons. The lowest BCUT2D eigenvalue weighted by molar-refractivity contribution is -0.388. The smallest absolute Gasteiger partial charge is 0.258 e. The van der Waals surface area contributed by atoms with Crippen molar-refractivity contribution < 1.29 is 13.7 Å². The number of halogens is 3. The number of nitro benzene ring substituents is 1. The van der Waals surface area contributed by atoms with Crippen molar-refractivity contribution in [2.75, 3.05) is 0 Å². The van der Waals surface area contributed by atoms with E-state index in [4.69, 9.17) is 11.6 Å². The monoisotopic (exact) mass is 235 g/mol. The van der Waals surface area contributed by atoms with Crippen molar-refractivity contribution in [3.63, 3.8) is 0 Å². The van der Waals surface area contributed by atoms with Gasteiger partial charge in [-0.1, -0.05) is 0 Å². The van der Waals surface area contributed by atoms with Gasteiger partial charge in [-0.2, -0.15) is 4.39 Å². The molecule has 1 unspecified atom stereocenters. The number of rotatable bonds is 3. The predicted octanol–water partition coefficient (Wildman–Crippen LogP) is 3.04. The van der Waals surface area contributed by atoms with E-state index in [0.29, 0.717) is 6.07 Å². The predicted molar refractivity (Wildman–Crippen MR) is 52.0 cm³/mol. The van der Waals surface area contributed by atoms with Gasteiger partial charge in [0, 0.05) is 17.0 Å². The maximum Gasteiger partial charge on any atom is 0.308 e. The van der Waals surface area contributed by atoms with Crippen LogP contribution in [0.3, 0.4) is 0 Å². The van der Waals surface area contributed by atoms with Crippen molar-refractivity contribution in [2.45, 2.75) is 18.7 Å². The third-order valence-corrected chi connectivity index (χ3v) is 1.95. The Bertz CT molecular complexity index is 396. The van der Waals surface area contributed by atoms with Crippen molar-refractivity contribution >= 4 is 17.3 Å². The molecule has 0 heterocycles. The zero-order valence-electron chi connectivity index (χ0n) is 7.84. The van der Waals surface area contributed by atoms with Gasteiger partial charge < -0.3 is 0 Å². The number of benzene rings is 1. The Kier molecular flexibility index (Phi) is 3.57. The van der Waals surface area contributed by atoms with Crippen LogP contribution >= 0.6 is 11.6 Å². The van der Waals surface area contributed by atoms with Crippen molar-refractivity contribution in [2.24, 2.45) is 0 Å². The van der Waals surface area contributed by atoms with Gasteiger partial charge in [0.2, 0.25) is 5.82 Å². The minimum absolute atomic E-state index is 0.0278. The third-order valence-electron chi connectivity index (χ3n) is 1.79. The lowest BCUT2D eigenvalue weighted by Gasteiger charge is -2.05. The first-order valence-electron chi connectivity index (χ1n) is 4.18. The molecule has 1 aromatic rings. The van der Waals surface area contributed by atoms with Crippen LogP contribution in [-0.2, 0) is 6.42 Å². The summed E-state index contributed by atoms with van der Waals surface area (Å²) in [4.78, 5) is 9.66. The molecular formula is C9H8ClF2NO2. The van der Waals surface area contributed by atoms with Crippen LogP contribution in [0.25, 0.3) is 0 Å². The molecule has 3 nitrogen and oxygen atoms in total. The Balaban J connectivity index is 3.27. The number of nitro groups is 1. The maximum atomic E-state index is 13.1. The highest BCUT2D eigenvalue weighted by molar-refractivity contribution is 6.20. The van der Waals surface area contributed by atoms with Crippen molar-refractivity contribution in [1.29, 1.82) is 0 Å². The summed E-state index contributed by atoms with van der Waals surface area (Å²) in [5, 5.41) is 10.1. The molecule has 0 spiro atoms. The van der Waals surface area contributed by atoms with E-state index in [9.17, 15) is 18.9 Å². The molecule has 0 saturated heterocycles. The molecule has 0 amide bonds. The fraction of sp³-hybridized carbons (Fsp3) is 0.333. The summed E-state index contributed by atoms with van der Waals surface area (Å²) < 4.78 is 25.9. The number of nitrogens with zero attached hydrogens (tertiary/aromatic N) is 1. The Morgan fingerprint density at radius 2 is 2.13 bits per heavy atom. The number of hydrogen-bond donors (Lipinski definition) is 0. The van der Waals surface area contributed by atoms with Gasteiger partial charge in [0.1, 0.15) is 5.82 Å². The van der Waals surface area contributed by atoms with Gasteiger partial charge >= 0.3 is 5.69 Å². The van der Waals surface area contributed by atoms with Crippen molar-refractivity contribution in [3.05, 3.63) is 39.4 Å². The summed E-state index contributed by atoms with van der Waals surface area (Å²) in [6, 6.07) is 1.42. The van der Waals surface area contributed by atoms with Gasteiger partial charge in [-0.3, -0.25) is 10.1 Å². The molecule has 0 aromatic heterocycles. The van der Waals surface area contributed by atoms with Crippen LogP contribution in [0.1, 0.15) is 12.5 Å². The number of alkyl halides is 1. The van der Waals surface area contributed by atoms with Crippen LogP contribution < -0.4 is 0 Å². The average Bonchev–Trinajstić information content (AvgIpc) is 1.99. The average molecular weight is 236 g/mol. The molecular weight excluding hydrogens is 228 g/mol. The molecule has 1 aromatic carbocycles. The second kappa shape index (κ2) is 4.53. The first kappa shape index (κ1) is 11.8. The second-order valence-electron chi connectivity index (χ2n) is 3.14. The lowest BCUT2D eigenvalue weighted by Crippen LogP contribution is -2.04. The molecule has 0 N–H and O–H groups in total. The molecule has 0 bridgehead atoms. The fourth-order valence-corrected chi connectivity index (χ4v) is 1.45. The molecule has 0 aliphatic rings. The molecule has 6 heteroatoms. The van der Waals surface area contributed by atoms with Crippen molar-refractivity contribution in [3.8, 4) is 0 Å². The standard InChI is InChI=1S/C9H8ClF2NO2/c1-5(10)2-6-3-7(11)4-8(12)9(6)13(14)15/h3-5H,2H2,1H3. The van der Waals surface area contributed by atoms with Crippen LogP contribution in [0.15, 0.2) is 12.1 Å². The van der Waals surface area contributed by atoms with Gasteiger partial charge in [-0.15, -0.1) is 11.6 Å². The van der Waals surface area contributed by atoms with Crippen molar-refractivity contribution in [1.82, 2.24) is 0 Å². The Morgan fingerprint density at radius 3 is 2.60 bits per heavy atom. The summed E-state index contributed by atoms with van der Waals surface area (Å²) in [6.45, 7) is 1.59. The second-order valence-corrected chi connectivity index (χ2v) is 3.88. The summed E-state index contributed by atoms with van der Waals surface area (Å²) in [5.41, 5.74) is -0.732. The minimum Gasteiger partial charge on any atom is -0.258 e. The third kappa shape index (κ3) is 2.86. The lowest BCUT2D eigenvalue weighted by atomic mass is 10.1. The van der Waals surface area contributed by atoms with E-state index in [2.05, 4.69) is 0 Å². The molecule has 0 saturated carbocycles. The van der Waals surface area contributed by atoms with Gasteiger partial charge in [0.05, 0.1) is 4.92 Å². The largest absolute Gasteiger partial charge is 0.308 e. The summed E-state index contributed by atoms with van der Waals surface area (Å²) >= 11 is 5.63. The molecule has 15 heavy (non-hydrogen) atoms. The highest BCUT2D eigenvalue weighted by atomic mass is 35.5. The SMILES string of the molecule is CC(Cl)Cc1cc(F)cc(F)c1[N+](=O)[O-]. The fourth-order valence-electron chi connectivity index (χ4n) is 1.28. The molecule has 0 aliphatic carbocycles. The van der Waals surface area contributed by atoms with E-state index < -0.39 is 27.6 Å². The van der Waals surface area contributed by atoms with E-state index in [1.54, 1.807) is 6.92 Å². The zero-order valence-corrected chi connectivity index (χ0v) is 8.59. The Morgan fingerprint density at radius 1 is 1.53 bits per heavy atom. The van der Waals surface area contributed by atoms with Gasteiger partial charge in [0.15, 0.2) is 0 Å². The Labute approximate surface area is 89.8 Å². The summed E-state index contributed by atoms with van der Waals surface area (Å²) in [7, 11) is 0. The number of hydrogen-bond acceptors (Lipinski definition) is 2. The Hall–Kier alpha value is -1.23. The maximum absolute atomic E-state index is 13.1. The van der Waals surface area contributed by atoms with Crippen LogP contribution in [0.4, 0.5) is 14.5 Å². The van der Waals surface area contributed by atoms with Crippen LogP contribution in [0.5, 0.6) is 0 Å². The van der Waals surface area contributed by atoms with Crippen LogP contribution in [0, 0.1) is 21.7 Å². The van der Waals surface area contributed by atoms with E-state index in [-0.39, 0.29) is 12.0 Å². The van der Waals surface area contributed by atoms with Crippen LogP contribution in [0.2, 0.25) is 0 Å².